The maximum Gasteiger partial charge on any atom is 0.407 e. The lowest BCUT2D eigenvalue weighted by atomic mass is 9.81. The average Bonchev–Trinajstić information content (AvgIpc) is 2.28. The van der Waals surface area contributed by atoms with Gasteiger partial charge in [-0.25, -0.2) is 4.79 Å². The molecule has 0 unspecified atom stereocenters. The van der Waals surface area contributed by atoms with Gasteiger partial charge in [0, 0.05) is 12.6 Å². The SMILES string of the molecule is CC(C)C(C)(C)[Si](C)(C)OC[C@H]1C[C@@H](NC(=O)OC(C)(C)C)C1. The van der Waals surface area contributed by atoms with Crippen LogP contribution in [-0.4, -0.2) is 32.7 Å². The van der Waals surface area contributed by atoms with Crippen molar-refractivity contribution < 1.29 is 14.0 Å². The predicted molar refractivity (Wildman–Crippen MR) is 98.2 cm³/mol. The highest BCUT2D eigenvalue weighted by atomic mass is 28.4. The molecule has 4 nitrogen and oxygen atoms in total. The van der Waals surface area contributed by atoms with Crippen molar-refractivity contribution in [1.82, 2.24) is 5.32 Å². The zero-order valence-electron chi connectivity index (χ0n) is 16.6. The molecule has 136 valence electrons. The van der Waals surface area contributed by atoms with Crippen LogP contribution in [0.4, 0.5) is 4.79 Å². The molecular weight excluding hydrogens is 306 g/mol. The molecule has 1 fully saturated rings. The molecule has 1 saturated carbocycles. The summed E-state index contributed by atoms with van der Waals surface area (Å²) in [6.45, 7) is 20.3. The number of hydrogen-bond acceptors (Lipinski definition) is 3. The van der Waals surface area contributed by atoms with E-state index in [1.165, 1.54) is 0 Å². The second-order valence-electron chi connectivity index (χ2n) is 9.38. The highest BCUT2D eigenvalue weighted by Crippen LogP contribution is 2.45. The first-order valence-corrected chi connectivity index (χ1v) is 11.8. The number of carbonyl (C=O) groups is 1. The van der Waals surface area contributed by atoms with Crippen molar-refractivity contribution in [2.45, 2.75) is 91.1 Å². The van der Waals surface area contributed by atoms with Gasteiger partial charge in [0.25, 0.3) is 0 Å². The molecule has 0 heterocycles. The zero-order chi connectivity index (χ0) is 18.1. The second kappa shape index (κ2) is 7.14. The van der Waals surface area contributed by atoms with E-state index >= 15 is 0 Å². The highest BCUT2D eigenvalue weighted by molar-refractivity contribution is 6.74. The molecule has 0 aromatic heterocycles. The number of hydrogen-bond donors (Lipinski definition) is 1. The fourth-order valence-electron chi connectivity index (χ4n) is 2.67. The van der Waals surface area contributed by atoms with Gasteiger partial charge in [0.05, 0.1) is 0 Å². The molecule has 5 heteroatoms. The molecular formula is C18H37NO3Si. The third-order valence-corrected chi connectivity index (χ3v) is 10.2. The Hall–Kier alpha value is -0.553. The van der Waals surface area contributed by atoms with Crippen LogP contribution < -0.4 is 5.32 Å². The van der Waals surface area contributed by atoms with Crippen LogP contribution in [0, 0.1) is 11.8 Å². The van der Waals surface area contributed by atoms with E-state index in [2.05, 4.69) is 46.1 Å². The Kier molecular flexibility index (Phi) is 6.36. The summed E-state index contributed by atoms with van der Waals surface area (Å²) in [5.74, 6) is 1.18. The average molecular weight is 344 g/mol. The third kappa shape index (κ3) is 5.78. The Bertz CT molecular complexity index is 407. The van der Waals surface area contributed by atoms with Gasteiger partial charge in [-0.05, 0) is 63.6 Å². The van der Waals surface area contributed by atoms with Gasteiger partial charge in [-0.3, -0.25) is 0 Å². The first kappa shape index (κ1) is 20.5. The van der Waals surface area contributed by atoms with Crippen LogP contribution in [0.1, 0.15) is 61.3 Å². The molecule has 1 aliphatic rings. The van der Waals surface area contributed by atoms with Gasteiger partial charge in [-0.15, -0.1) is 0 Å². The van der Waals surface area contributed by atoms with E-state index in [1.807, 2.05) is 20.8 Å². The zero-order valence-corrected chi connectivity index (χ0v) is 17.6. The van der Waals surface area contributed by atoms with Crippen LogP contribution in [0.3, 0.4) is 0 Å². The molecule has 0 aromatic carbocycles. The minimum atomic E-state index is -1.74. The topological polar surface area (TPSA) is 47.6 Å². The minimum absolute atomic E-state index is 0.237. The van der Waals surface area contributed by atoms with Crippen molar-refractivity contribution in [3.63, 3.8) is 0 Å². The Morgan fingerprint density at radius 3 is 2.13 bits per heavy atom. The number of carbonyl (C=O) groups excluding carboxylic acids is 1. The van der Waals surface area contributed by atoms with Gasteiger partial charge in [0.1, 0.15) is 5.60 Å². The largest absolute Gasteiger partial charge is 0.444 e. The van der Waals surface area contributed by atoms with Crippen molar-refractivity contribution >= 4 is 14.4 Å². The molecule has 0 radical (unpaired) electrons. The van der Waals surface area contributed by atoms with E-state index in [4.69, 9.17) is 9.16 Å². The van der Waals surface area contributed by atoms with E-state index in [0.29, 0.717) is 11.8 Å². The van der Waals surface area contributed by atoms with Crippen molar-refractivity contribution in [1.29, 1.82) is 0 Å². The molecule has 1 rings (SSSR count). The summed E-state index contributed by atoms with van der Waals surface area (Å²) in [6, 6.07) is 0.237. The number of amides is 1. The van der Waals surface area contributed by atoms with Crippen LogP contribution in [0.5, 0.6) is 0 Å². The monoisotopic (exact) mass is 343 g/mol. The Morgan fingerprint density at radius 1 is 1.17 bits per heavy atom. The fourth-order valence-corrected chi connectivity index (χ4v) is 5.09. The quantitative estimate of drug-likeness (QED) is 0.694. The molecule has 23 heavy (non-hydrogen) atoms. The third-order valence-electron chi connectivity index (χ3n) is 5.63. The standard InChI is InChI=1S/C18H37NO3Si/c1-13(2)18(6,7)23(8,9)21-12-14-10-15(11-14)19-16(20)22-17(3,4)5/h13-15H,10-12H2,1-9H3,(H,19,20)/t14-,15+. The van der Waals surface area contributed by atoms with Crippen LogP contribution >= 0.6 is 0 Å². The first-order valence-electron chi connectivity index (χ1n) is 8.88. The molecule has 0 aromatic rings. The molecule has 0 bridgehead atoms. The summed E-state index contributed by atoms with van der Waals surface area (Å²) in [5.41, 5.74) is -0.436. The van der Waals surface area contributed by atoms with Gasteiger partial charge in [-0.1, -0.05) is 27.7 Å². The Labute approximate surface area is 143 Å². The van der Waals surface area contributed by atoms with Crippen LogP contribution in [-0.2, 0) is 9.16 Å². The Morgan fingerprint density at radius 2 is 1.70 bits per heavy atom. The molecule has 0 aliphatic heterocycles. The van der Waals surface area contributed by atoms with Crippen molar-refractivity contribution in [3.8, 4) is 0 Å². The summed E-state index contributed by atoms with van der Waals surface area (Å²) in [5, 5.41) is 3.20. The molecule has 0 atom stereocenters. The minimum Gasteiger partial charge on any atom is -0.444 e. The van der Waals surface area contributed by atoms with Crippen molar-refractivity contribution in [2.24, 2.45) is 11.8 Å². The van der Waals surface area contributed by atoms with E-state index in [1.54, 1.807) is 0 Å². The van der Waals surface area contributed by atoms with E-state index in [-0.39, 0.29) is 17.2 Å². The molecule has 1 aliphatic carbocycles. The maximum absolute atomic E-state index is 11.7. The molecule has 1 amide bonds. The lowest BCUT2D eigenvalue weighted by Gasteiger charge is -2.44. The lowest BCUT2D eigenvalue weighted by Crippen LogP contribution is -2.50. The Balaban J connectivity index is 2.32. The normalized spacial score (nSPS) is 22.7. The maximum atomic E-state index is 11.7. The van der Waals surface area contributed by atoms with E-state index < -0.39 is 13.9 Å². The molecule has 0 saturated heterocycles. The lowest BCUT2D eigenvalue weighted by molar-refractivity contribution is 0.0422. The second-order valence-corrected chi connectivity index (χ2v) is 14.0. The number of alkyl carbamates (subject to hydrolysis) is 1. The van der Waals surface area contributed by atoms with Crippen LogP contribution in [0.15, 0.2) is 0 Å². The summed E-state index contributed by atoms with van der Waals surface area (Å²) >= 11 is 0. The summed E-state index contributed by atoms with van der Waals surface area (Å²) in [4.78, 5) is 11.7. The van der Waals surface area contributed by atoms with Crippen molar-refractivity contribution in [3.05, 3.63) is 0 Å². The van der Waals surface area contributed by atoms with E-state index in [9.17, 15) is 4.79 Å². The van der Waals surface area contributed by atoms with Crippen LogP contribution in [0.2, 0.25) is 18.1 Å². The smallest absolute Gasteiger partial charge is 0.407 e. The van der Waals surface area contributed by atoms with Gasteiger partial charge in [0.15, 0.2) is 8.32 Å². The number of rotatable bonds is 6. The predicted octanol–water partition coefficient (Wildman–Crippen LogP) is 4.95. The number of ether oxygens (including phenoxy) is 1. The fraction of sp³-hybridized carbons (Fsp3) is 0.944. The number of nitrogens with one attached hydrogen (secondary N) is 1. The summed E-state index contributed by atoms with van der Waals surface area (Å²) in [7, 11) is -1.74. The van der Waals surface area contributed by atoms with Gasteiger partial charge in [0.2, 0.25) is 0 Å². The summed E-state index contributed by atoms with van der Waals surface area (Å²) in [6.07, 6.45) is 1.68. The summed E-state index contributed by atoms with van der Waals surface area (Å²) < 4.78 is 11.7. The van der Waals surface area contributed by atoms with Gasteiger partial charge < -0.3 is 14.5 Å². The first-order chi connectivity index (χ1) is 10.2. The van der Waals surface area contributed by atoms with Crippen LogP contribution in [0.25, 0.3) is 0 Å². The van der Waals surface area contributed by atoms with Gasteiger partial charge >= 0.3 is 6.09 Å². The van der Waals surface area contributed by atoms with E-state index in [0.717, 1.165) is 19.4 Å². The molecule has 0 spiro atoms. The van der Waals surface area contributed by atoms with Gasteiger partial charge in [-0.2, -0.15) is 0 Å². The molecule has 1 N–H and O–H groups in total. The van der Waals surface area contributed by atoms with Crippen molar-refractivity contribution in [2.75, 3.05) is 6.61 Å². The highest BCUT2D eigenvalue weighted by Gasteiger charge is 2.44.